The van der Waals surface area contributed by atoms with Crippen LogP contribution in [0.5, 0.6) is 0 Å². The van der Waals surface area contributed by atoms with Crippen molar-refractivity contribution in [2.75, 3.05) is 26.4 Å². The van der Waals surface area contributed by atoms with Crippen molar-refractivity contribution in [2.24, 2.45) is 0 Å². The van der Waals surface area contributed by atoms with Crippen molar-refractivity contribution in [2.45, 2.75) is 36.5 Å². The van der Waals surface area contributed by atoms with Gasteiger partial charge in [0.05, 0.1) is 13.2 Å². The van der Waals surface area contributed by atoms with E-state index in [1.54, 1.807) is 0 Å². The van der Waals surface area contributed by atoms with Crippen LogP contribution < -0.4 is 0 Å². The molecule has 2 aliphatic rings. The Labute approximate surface area is 314 Å². The summed E-state index contributed by atoms with van der Waals surface area (Å²) in [5, 5.41) is 48.8. The van der Waals surface area contributed by atoms with Gasteiger partial charge in [-0.05, 0) is 161 Å². The number of benzene rings is 8. The van der Waals surface area contributed by atoms with E-state index < -0.39 is 10.8 Å². The molecule has 0 amide bonds. The minimum absolute atomic E-state index is 0.00590. The number of rotatable bonds is 10. The molecule has 54 heavy (non-hydrogen) atoms. The molecule has 4 nitrogen and oxygen atoms in total. The molecule has 0 heterocycles. The standard InChI is InChI=1S/C50H42O4/c51-21-5-19-49(29-53)43-9-3-1-7-39(43)41-17-15-31(27-45(41)49)37-23-33-11-13-35-25-38(26-36-14-12-34(24-37)47(33)48(35)36)32-16-18-42-40-8-2-4-10-44(40)50(30-54,20-6-22-52)46(42)28-32/h1-4,7-18,23-28,51-54H,5-6,19-22,29-30H2. The molecule has 0 saturated heterocycles. The Morgan fingerprint density at radius 3 is 1.09 bits per heavy atom. The molecule has 0 spiro atoms. The highest BCUT2D eigenvalue weighted by Crippen LogP contribution is 2.54. The number of hydrogen-bond acceptors (Lipinski definition) is 4. The van der Waals surface area contributed by atoms with E-state index in [-0.39, 0.29) is 26.4 Å². The van der Waals surface area contributed by atoms with E-state index in [1.165, 1.54) is 43.4 Å². The summed E-state index contributed by atoms with van der Waals surface area (Å²) in [5.41, 5.74) is 12.6. The summed E-state index contributed by atoms with van der Waals surface area (Å²) in [5.74, 6) is 0. The van der Waals surface area contributed by atoms with Crippen molar-refractivity contribution >= 4 is 32.3 Å². The average Bonchev–Trinajstić information content (AvgIpc) is 3.67. The normalized spacial score (nSPS) is 18.4. The third kappa shape index (κ3) is 4.64. The molecule has 2 atom stereocenters. The van der Waals surface area contributed by atoms with E-state index >= 15 is 0 Å². The fraction of sp³-hybridized carbons (Fsp3) is 0.200. The first-order valence-electron chi connectivity index (χ1n) is 19.2. The predicted molar refractivity (Wildman–Crippen MR) is 220 cm³/mol. The molecule has 2 aliphatic carbocycles. The van der Waals surface area contributed by atoms with Crippen molar-refractivity contribution in [3.8, 4) is 44.5 Å². The van der Waals surface area contributed by atoms with Crippen molar-refractivity contribution in [1.82, 2.24) is 0 Å². The molecule has 0 bridgehead atoms. The van der Waals surface area contributed by atoms with E-state index in [0.717, 1.165) is 55.6 Å². The van der Waals surface area contributed by atoms with E-state index in [4.69, 9.17) is 0 Å². The van der Waals surface area contributed by atoms with Crippen LogP contribution in [0, 0.1) is 0 Å². The zero-order valence-electron chi connectivity index (χ0n) is 30.1. The molecular weight excluding hydrogens is 665 g/mol. The molecular formula is C50H42O4. The lowest BCUT2D eigenvalue weighted by Crippen LogP contribution is -2.30. The van der Waals surface area contributed by atoms with E-state index in [0.29, 0.717) is 25.7 Å². The van der Waals surface area contributed by atoms with Gasteiger partial charge >= 0.3 is 0 Å². The van der Waals surface area contributed by atoms with Crippen LogP contribution in [0.3, 0.4) is 0 Å². The molecule has 4 heteroatoms. The molecule has 0 radical (unpaired) electrons. The van der Waals surface area contributed by atoms with Gasteiger partial charge in [0.15, 0.2) is 0 Å². The predicted octanol–water partition coefficient (Wildman–Crippen LogP) is 9.98. The summed E-state index contributed by atoms with van der Waals surface area (Å²) in [6, 6.07) is 48.3. The second-order valence-electron chi connectivity index (χ2n) is 15.5. The van der Waals surface area contributed by atoms with Gasteiger partial charge in [-0.15, -0.1) is 0 Å². The van der Waals surface area contributed by atoms with Gasteiger partial charge in [-0.3, -0.25) is 0 Å². The Morgan fingerprint density at radius 2 is 0.722 bits per heavy atom. The summed E-state index contributed by atoms with van der Waals surface area (Å²) in [6.45, 7) is 0.172. The van der Waals surface area contributed by atoms with E-state index in [2.05, 4.69) is 121 Å². The SMILES string of the molecule is OCCCC1(CO)c2ccccc2-c2ccc(-c3cc4ccc5cc(-c6ccc7c(c6)C(CO)(CCCO)c6ccccc6-7)cc6ccc(c3)c4c56)cc21. The number of fused-ring (bicyclic) bond motifs is 6. The van der Waals surface area contributed by atoms with Crippen LogP contribution in [0.15, 0.2) is 133 Å². The van der Waals surface area contributed by atoms with Crippen molar-refractivity contribution in [3.63, 3.8) is 0 Å². The molecule has 8 aromatic carbocycles. The molecule has 10 rings (SSSR count). The lowest BCUT2D eigenvalue weighted by atomic mass is 9.74. The Balaban J connectivity index is 1.07. The first kappa shape index (κ1) is 33.2. The molecule has 0 aliphatic heterocycles. The number of aliphatic hydroxyl groups excluding tert-OH is 4. The van der Waals surface area contributed by atoms with Crippen molar-refractivity contribution in [1.29, 1.82) is 0 Å². The molecule has 8 aromatic rings. The van der Waals surface area contributed by atoms with Gasteiger partial charge in [0.25, 0.3) is 0 Å². The highest BCUT2D eigenvalue weighted by molar-refractivity contribution is 6.24. The van der Waals surface area contributed by atoms with E-state index in [1.807, 2.05) is 12.1 Å². The van der Waals surface area contributed by atoms with E-state index in [9.17, 15) is 20.4 Å². The minimum Gasteiger partial charge on any atom is -0.396 e. The highest BCUT2D eigenvalue weighted by Gasteiger charge is 2.43. The van der Waals surface area contributed by atoms with Crippen LogP contribution in [0.4, 0.5) is 0 Å². The van der Waals surface area contributed by atoms with Crippen LogP contribution in [-0.4, -0.2) is 46.9 Å². The van der Waals surface area contributed by atoms with Crippen LogP contribution in [-0.2, 0) is 10.8 Å². The lowest BCUT2D eigenvalue weighted by Gasteiger charge is -2.30. The second-order valence-corrected chi connectivity index (χ2v) is 15.5. The zero-order valence-corrected chi connectivity index (χ0v) is 30.1. The van der Waals surface area contributed by atoms with Gasteiger partial charge in [0, 0.05) is 24.0 Å². The van der Waals surface area contributed by atoms with Crippen LogP contribution in [0.1, 0.15) is 47.9 Å². The van der Waals surface area contributed by atoms with Gasteiger partial charge in [-0.2, -0.15) is 0 Å². The largest absolute Gasteiger partial charge is 0.396 e. The Bertz CT molecular complexity index is 2490. The van der Waals surface area contributed by atoms with Gasteiger partial charge in [-0.1, -0.05) is 97.1 Å². The molecule has 266 valence electrons. The second kappa shape index (κ2) is 12.6. The average molecular weight is 707 g/mol. The molecule has 4 N–H and O–H groups in total. The number of aliphatic hydroxyl groups is 4. The van der Waals surface area contributed by atoms with Gasteiger partial charge in [0.1, 0.15) is 0 Å². The Kier molecular flexibility index (Phi) is 7.76. The van der Waals surface area contributed by atoms with Crippen LogP contribution >= 0.6 is 0 Å². The lowest BCUT2D eigenvalue weighted by molar-refractivity contribution is 0.197. The summed E-state index contributed by atoms with van der Waals surface area (Å²) < 4.78 is 0. The third-order valence-electron chi connectivity index (χ3n) is 12.8. The Hall–Kier alpha value is -5.36. The Morgan fingerprint density at radius 1 is 0.352 bits per heavy atom. The minimum atomic E-state index is -0.541. The summed E-state index contributed by atoms with van der Waals surface area (Å²) in [4.78, 5) is 0. The van der Waals surface area contributed by atoms with Gasteiger partial charge in [-0.25, -0.2) is 0 Å². The molecule has 0 fully saturated rings. The highest BCUT2D eigenvalue weighted by atomic mass is 16.3. The van der Waals surface area contributed by atoms with Crippen molar-refractivity contribution in [3.05, 3.63) is 156 Å². The maximum absolute atomic E-state index is 11.0. The summed E-state index contributed by atoms with van der Waals surface area (Å²) in [7, 11) is 0. The molecule has 2 unspecified atom stereocenters. The smallest absolute Gasteiger partial charge is 0.0569 e. The molecule has 0 saturated carbocycles. The van der Waals surface area contributed by atoms with Crippen molar-refractivity contribution < 1.29 is 20.4 Å². The summed E-state index contributed by atoms with van der Waals surface area (Å²) in [6.07, 6.45) is 2.60. The number of hydrogen-bond donors (Lipinski definition) is 4. The maximum Gasteiger partial charge on any atom is 0.0569 e. The topological polar surface area (TPSA) is 80.9 Å². The summed E-state index contributed by atoms with van der Waals surface area (Å²) >= 11 is 0. The quantitative estimate of drug-likeness (QED) is 0.107. The third-order valence-corrected chi connectivity index (χ3v) is 12.8. The first-order valence-corrected chi connectivity index (χ1v) is 19.2. The zero-order chi connectivity index (χ0) is 36.6. The van der Waals surface area contributed by atoms with Crippen LogP contribution in [0.25, 0.3) is 76.8 Å². The maximum atomic E-state index is 11.0. The fourth-order valence-electron chi connectivity index (χ4n) is 10.2. The van der Waals surface area contributed by atoms with Crippen LogP contribution in [0.2, 0.25) is 0 Å². The monoisotopic (exact) mass is 706 g/mol. The van der Waals surface area contributed by atoms with Gasteiger partial charge in [0.2, 0.25) is 0 Å². The molecule has 0 aromatic heterocycles. The first-order chi connectivity index (χ1) is 26.5. The van der Waals surface area contributed by atoms with Gasteiger partial charge < -0.3 is 20.4 Å². The fourth-order valence-corrected chi connectivity index (χ4v) is 10.2.